The highest BCUT2D eigenvalue weighted by Crippen LogP contribution is 2.31. The first-order chi connectivity index (χ1) is 14.0. The first kappa shape index (κ1) is 21.2. The van der Waals surface area contributed by atoms with Crippen molar-refractivity contribution in [3.05, 3.63) is 52.4 Å². The summed E-state index contributed by atoms with van der Waals surface area (Å²) in [4.78, 5) is 12.2. The van der Waals surface area contributed by atoms with Gasteiger partial charge in [0.1, 0.15) is 17.3 Å². The van der Waals surface area contributed by atoms with Crippen molar-refractivity contribution >= 4 is 23.1 Å². The number of rotatable bonds is 8. The zero-order chi connectivity index (χ0) is 20.8. The number of esters is 1. The van der Waals surface area contributed by atoms with Crippen LogP contribution < -0.4 is 4.74 Å². The van der Waals surface area contributed by atoms with Crippen LogP contribution in [0.15, 0.2) is 30.5 Å². The van der Waals surface area contributed by atoms with Crippen molar-refractivity contribution in [1.29, 1.82) is 0 Å². The van der Waals surface area contributed by atoms with Crippen molar-refractivity contribution in [2.24, 2.45) is 5.92 Å². The van der Waals surface area contributed by atoms with Crippen molar-refractivity contribution in [3.63, 3.8) is 0 Å². The van der Waals surface area contributed by atoms with Gasteiger partial charge in [0.15, 0.2) is 0 Å². The molecule has 0 unspecified atom stereocenters. The average molecular weight is 419 g/mol. The molecule has 0 atom stereocenters. The van der Waals surface area contributed by atoms with E-state index >= 15 is 0 Å². The molecule has 0 spiro atoms. The summed E-state index contributed by atoms with van der Waals surface area (Å²) < 4.78 is 17.8. The minimum Gasteiger partial charge on any atom is -0.503 e. The van der Waals surface area contributed by atoms with Gasteiger partial charge in [0, 0.05) is 12.1 Å². The topological polar surface area (TPSA) is 62.6 Å². The first-order valence-corrected chi connectivity index (χ1v) is 10.2. The van der Waals surface area contributed by atoms with E-state index in [1.54, 1.807) is 0 Å². The average Bonchev–Trinajstić information content (AvgIpc) is 3.34. The van der Waals surface area contributed by atoms with Gasteiger partial charge in [-0.15, -0.1) is 5.10 Å². The van der Waals surface area contributed by atoms with E-state index in [0.29, 0.717) is 28.1 Å². The Kier molecular flexibility index (Phi) is 7.20. The highest BCUT2D eigenvalue weighted by Gasteiger charge is 2.21. The van der Waals surface area contributed by atoms with Gasteiger partial charge in [-0.2, -0.15) is 0 Å². The van der Waals surface area contributed by atoms with Gasteiger partial charge in [-0.25, -0.2) is 9.48 Å². The molecule has 0 bridgehead atoms. The van der Waals surface area contributed by atoms with Gasteiger partial charge in [-0.05, 0) is 36.8 Å². The maximum absolute atomic E-state index is 12.2. The molecule has 1 aliphatic carbocycles. The summed E-state index contributed by atoms with van der Waals surface area (Å²) in [6, 6.07) is 7.47. The lowest BCUT2D eigenvalue weighted by molar-refractivity contribution is -0.133. The van der Waals surface area contributed by atoms with Gasteiger partial charge in [0.05, 0.1) is 20.5 Å². The Balaban J connectivity index is 1.78. The van der Waals surface area contributed by atoms with E-state index in [0.717, 1.165) is 17.7 Å². The monoisotopic (exact) mass is 418 g/mol. The molecule has 156 valence electrons. The van der Waals surface area contributed by atoms with Crippen LogP contribution in [-0.2, 0) is 27.4 Å². The fourth-order valence-corrected chi connectivity index (χ4v) is 3.90. The van der Waals surface area contributed by atoms with E-state index in [9.17, 15) is 4.79 Å². The predicted molar refractivity (Wildman–Crippen MR) is 112 cm³/mol. The molecule has 1 aliphatic rings. The number of methoxy groups -OCH3 is 2. The Morgan fingerprint density at radius 1 is 1.28 bits per heavy atom. The van der Waals surface area contributed by atoms with Crippen LogP contribution in [0.5, 0.6) is 5.88 Å². The van der Waals surface area contributed by atoms with Crippen molar-refractivity contribution in [2.45, 2.75) is 45.8 Å². The van der Waals surface area contributed by atoms with E-state index in [2.05, 4.69) is 5.10 Å². The standard InChI is InChI=1S/C22H27ClN2O4/c1-15-20(23)25(12-16-8-4-5-9-16)24-21(15)29-13-17-10-6-7-11-18(17)19(14-27-2)22(26)28-3/h6-7,10-11,14,16H,4-5,8-9,12-13H2,1-3H3/b19-14+. The summed E-state index contributed by atoms with van der Waals surface area (Å²) in [5.74, 6) is 0.666. The number of carbonyl (C=O) groups excluding carboxylic acids is 1. The number of benzene rings is 1. The number of hydrogen-bond donors (Lipinski definition) is 0. The van der Waals surface area contributed by atoms with Crippen LogP contribution in [-0.4, -0.2) is 30.0 Å². The zero-order valence-electron chi connectivity index (χ0n) is 17.1. The third kappa shape index (κ3) is 4.93. The van der Waals surface area contributed by atoms with Gasteiger partial charge < -0.3 is 14.2 Å². The van der Waals surface area contributed by atoms with Crippen molar-refractivity contribution in [1.82, 2.24) is 9.78 Å². The van der Waals surface area contributed by atoms with Crippen molar-refractivity contribution in [3.8, 4) is 5.88 Å². The molecule has 0 N–H and O–H groups in total. The molecule has 1 aromatic carbocycles. The minimum atomic E-state index is -0.473. The van der Waals surface area contributed by atoms with E-state index in [1.807, 2.05) is 35.9 Å². The Hall–Kier alpha value is -2.47. The molecule has 1 fully saturated rings. The van der Waals surface area contributed by atoms with Crippen LogP contribution in [0.25, 0.3) is 5.57 Å². The number of halogens is 1. The second-order valence-corrected chi connectivity index (χ2v) is 7.62. The van der Waals surface area contributed by atoms with Gasteiger partial charge in [-0.1, -0.05) is 48.7 Å². The largest absolute Gasteiger partial charge is 0.503 e. The molecule has 29 heavy (non-hydrogen) atoms. The first-order valence-electron chi connectivity index (χ1n) is 9.80. The highest BCUT2D eigenvalue weighted by molar-refractivity contribution is 6.30. The third-order valence-corrected chi connectivity index (χ3v) is 5.77. The lowest BCUT2D eigenvalue weighted by atomic mass is 10.0. The normalized spacial score (nSPS) is 14.8. The van der Waals surface area contributed by atoms with Crippen molar-refractivity contribution in [2.75, 3.05) is 14.2 Å². The Morgan fingerprint density at radius 2 is 2.00 bits per heavy atom. The van der Waals surface area contributed by atoms with Crippen LogP contribution in [0.2, 0.25) is 5.15 Å². The lowest BCUT2D eigenvalue weighted by Crippen LogP contribution is -2.10. The van der Waals surface area contributed by atoms with Gasteiger partial charge in [-0.3, -0.25) is 0 Å². The maximum atomic E-state index is 12.2. The third-order valence-electron chi connectivity index (χ3n) is 5.29. The smallest absolute Gasteiger partial charge is 0.341 e. The maximum Gasteiger partial charge on any atom is 0.341 e. The fraction of sp³-hybridized carbons (Fsp3) is 0.455. The zero-order valence-corrected chi connectivity index (χ0v) is 17.9. The second-order valence-electron chi connectivity index (χ2n) is 7.26. The number of hydrogen-bond acceptors (Lipinski definition) is 5. The summed E-state index contributed by atoms with van der Waals surface area (Å²) in [6.07, 6.45) is 6.38. The molecule has 1 saturated carbocycles. The second kappa shape index (κ2) is 9.83. The summed E-state index contributed by atoms with van der Waals surface area (Å²) in [5.41, 5.74) is 2.66. The van der Waals surface area contributed by atoms with Crippen LogP contribution in [0.3, 0.4) is 0 Å². The highest BCUT2D eigenvalue weighted by atomic mass is 35.5. The molecule has 1 heterocycles. The fourth-order valence-electron chi connectivity index (χ4n) is 3.71. The quantitative estimate of drug-likeness (QED) is 0.351. The minimum absolute atomic E-state index is 0.242. The number of nitrogens with zero attached hydrogens (tertiary/aromatic N) is 2. The van der Waals surface area contributed by atoms with E-state index in [1.165, 1.54) is 46.2 Å². The Morgan fingerprint density at radius 3 is 2.69 bits per heavy atom. The Labute approximate surface area is 176 Å². The molecule has 6 nitrogen and oxygen atoms in total. The molecule has 2 aromatic rings. The molecular weight excluding hydrogens is 392 g/mol. The number of ether oxygens (including phenoxy) is 3. The molecule has 0 radical (unpaired) electrons. The molecule has 1 aromatic heterocycles. The van der Waals surface area contributed by atoms with Crippen LogP contribution >= 0.6 is 11.6 Å². The lowest BCUT2D eigenvalue weighted by Gasteiger charge is -2.12. The molecule has 0 saturated heterocycles. The number of carbonyl (C=O) groups is 1. The van der Waals surface area contributed by atoms with Gasteiger partial charge >= 0.3 is 5.97 Å². The number of aromatic nitrogens is 2. The summed E-state index contributed by atoms with van der Waals surface area (Å²) in [6.45, 7) is 2.97. The van der Waals surface area contributed by atoms with E-state index < -0.39 is 5.97 Å². The van der Waals surface area contributed by atoms with E-state index in [4.69, 9.17) is 25.8 Å². The van der Waals surface area contributed by atoms with Crippen molar-refractivity contribution < 1.29 is 19.0 Å². The molecule has 0 aliphatic heterocycles. The summed E-state index contributed by atoms with van der Waals surface area (Å²) in [5, 5.41) is 5.20. The molecular formula is C22H27ClN2O4. The summed E-state index contributed by atoms with van der Waals surface area (Å²) >= 11 is 6.49. The molecule has 7 heteroatoms. The summed E-state index contributed by atoms with van der Waals surface area (Å²) in [7, 11) is 2.83. The van der Waals surface area contributed by atoms with Crippen LogP contribution in [0.1, 0.15) is 42.4 Å². The van der Waals surface area contributed by atoms with E-state index in [-0.39, 0.29) is 6.61 Å². The predicted octanol–water partition coefficient (Wildman–Crippen LogP) is 4.77. The van der Waals surface area contributed by atoms with Crippen LogP contribution in [0.4, 0.5) is 0 Å². The van der Waals surface area contributed by atoms with Gasteiger partial charge in [0.2, 0.25) is 5.88 Å². The SMILES string of the molecule is CO/C=C(/C(=O)OC)c1ccccc1COc1nn(CC2CCCC2)c(Cl)c1C. The van der Waals surface area contributed by atoms with Gasteiger partial charge in [0.25, 0.3) is 0 Å². The molecule has 0 amide bonds. The Bertz CT molecular complexity index is 885. The van der Waals surface area contributed by atoms with Crippen LogP contribution in [0, 0.1) is 12.8 Å². The molecule has 3 rings (SSSR count).